The SMILES string of the molecule is CCC(CC)(CO)CN1CC(c2ccccc2)C1. The van der Waals surface area contributed by atoms with Crippen molar-refractivity contribution in [3.05, 3.63) is 35.9 Å². The van der Waals surface area contributed by atoms with Gasteiger partial charge in [-0.1, -0.05) is 44.2 Å². The molecule has 2 nitrogen and oxygen atoms in total. The number of aliphatic hydroxyl groups is 1. The Morgan fingerprint density at radius 3 is 2.28 bits per heavy atom. The van der Waals surface area contributed by atoms with Crippen LogP contribution in [0.25, 0.3) is 0 Å². The van der Waals surface area contributed by atoms with Gasteiger partial charge in [-0.05, 0) is 18.4 Å². The highest BCUT2D eigenvalue weighted by Crippen LogP contribution is 2.33. The monoisotopic (exact) mass is 247 g/mol. The molecule has 0 unspecified atom stereocenters. The van der Waals surface area contributed by atoms with Gasteiger partial charge in [0.1, 0.15) is 0 Å². The van der Waals surface area contributed by atoms with E-state index in [1.54, 1.807) is 0 Å². The molecule has 1 saturated heterocycles. The summed E-state index contributed by atoms with van der Waals surface area (Å²) in [7, 11) is 0. The second-order valence-electron chi connectivity index (χ2n) is 5.67. The van der Waals surface area contributed by atoms with Gasteiger partial charge >= 0.3 is 0 Å². The fourth-order valence-corrected chi connectivity index (χ4v) is 2.86. The molecule has 1 aromatic rings. The van der Waals surface area contributed by atoms with Crippen LogP contribution in [-0.4, -0.2) is 36.2 Å². The molecule has 0 aliphatic carbocycles. The molecule has 0 saturated carbocycles. The molecule has 100 valence electrons. The zero-order chi connectivity index (χ0) is 13.0. The molecule has 0 bridgehead atoms. The molecular weight excluding hydrogens is 222 g/mol. The van der Waals surface area contributed by atoms with Crippen LogP contribution in [0.15, 0.2) is 30.3 Å². The largest absolute Gasteiger partial charge is 0.396 e. The smallest absolute Gasteiger partial charge is 0.0499 e. The standard InChI is InChI=1S/C16H25NO/c1-3-16(4-2,13-18)12-17-10-15(11-17)14-8-6-5-7-9-14/h5-9,15,18H,3-4,10-13H2,1-2H3. The summed E-state index contributed by atoms with van der Waals surface area (Å²) >= 11 is 0. The van der Waals surface area contributed by atoms with E-state index in [1.165, 1.54) is 5.56 Å². The molecule has 1 aliphatic heterocycles. The highest BCUT2D eigenvalue weighted by atomic mass is 16.3. The molecule has 1 fully saturated rings. The Bertz CT molecular complexity index is 344. The van der Waals surface area contributed by atoms with Crippen LogP contribution in [0.4, 0.5) is 0 Å². The highest BCUT2D eigenvalue weighted by Gasteiger charge is 2.34. The lowest BCUT2D eigenvalue weighted by atomic mass is 9.80. The van der Waals surface area contributed by atoms with Crippen LogP contribution >= 0.6 is 0 Å². The fraction of sp³-hybridized carbons (Fsp3) is 0.625. The van der Waals surface area contributed by atoms with E-state index in [0.29, 0.717) is 12.5 Å². The molecule has 0 radical (unpaired) electrons. The molecule has 0 spiro atoms. The lowest BCUT2D eigenvalue weighted by Crippen LogP contribution is -2.50. The maximum atomic E-state index is 9.60. The van der Waals surface area contributed by atoms with Crippen LogP contribution in [0, 0.1) is 5.41 Å². The minimum atomic E-state index is 0.113. The predicted molar refractivity (Wildman–Crippen MR) is 75.7 cm³/mol. The number of rotatable bonds is 6. The fourth-order valence-electron chi connectivity index (χ4n) is 2.86. The van der Waals surface area contributed by atoms with E-state index in [2.05, 4.69) is 49.1 Å². The Kier molecular flexibility index (Phi) is 4.41. The van der Waals surface area contributed by atoms with Crippen molar-refractivity contribution in [2.75, 3.05) is 26.2 Å². The maximum absolute atomic E-state index is 9.60. The third-order valence-electron chi connectivity index (χ3n) is 4.62. The molecule has 2 rings (SSSR count). The Labute approximate surface area is 111 Å². The lowest BCUT2D eigenvalue weighted by molar-refractivity contribution is 0.0302. The van der Waals surface area contributed by atoms with E-state index in [0.717, 1.165) is 32.5 Å². The minimum absolute atomic E-state index is 0.113. The van der Waals surface area contributed by atoms with Crippen LogP contribution in [0.2, 0.25) is 0 Å². The molecule has 0 atom stereocenters. The van der Waals surface area contributed by atoms with E-state index < -0.39 is 0 Å². The molecule has 18 heavy (non-hydrogen) atoms. The highest BCUT2D eigenvalue weighted by molar-refractivity contribution is 5.22. The van der Waals surface area contributed by atoms with Gasteiger partial charge in [-0.2, -0.15) is 0 Å². The summed E-state index contributed by atoms with van der Waals surface area (Å²) < 4.78 is 0. The van der Waals surface area contributed by atoms with Gasteiger partial charge in [0.05, 0.1) is 0 Å². The van der Waals surface area contributed by atoms with Gasteiger partial charge in [0, 0.05) is 37.6 Å². The van der Waals surface area contributed by atoms with E-state index in [4.69, 9.17) is 0 Å². The van der Waals surface area contributed by atoms with Crippen LogP contribution in [0.5, 0.6) is 0 Å². The maximum Gasteiger partial charge on any atom is 0.0499 e. The topological polar surface area (TPSA) is 23.5 Å². The first-order valence-electron chi connectivity index (χ1n) is 7.11. The van der Waals surface area contributed by atoms with E-state index in [1.807, 2.05) is 0 Å². The van der Waals surface area contributed by atoms with Gasteiger partial charge < -0.3 is 10.0 Å². The molecule has 2 heteroatoms. The molecular formula is C16H25NO. The second kappa shape index (κ2) is 5.85. The van der Waals surface area contributed by atoms with Crippen LogP contribution in [0.3, 0.4) is 0 Å². The first-order valence-corrected chi connectivity index (χ1v) is 7.11. The molecule has 0 aromatic heterocycles. The Balaban J connectivity index is 1.86. The van der Waals surface area contributed by atoms with Crippen LogP contribution < -0.4 is 0 Å². The summed E-state index contributed by atoms with van der Waals surface area (Å²) in [5, 5.41) is 9.60. The van der Waals surface area contributed by atoms with Gasteiger partial charge in [-0.15, -0.1) is 0 Å². The number of hydrogen-bond donors (Lipinski definition) is 1. The molecule has 1 aliphatic rings. The van der Waals surface area contributed by atoms with Gasteiger partial charge in [-0.3, -0.25) is 0 Å². The number of benzene rings is 1. The van der Waals surface area contributed by atoms with E-state index >= 15 is 0 Å². The second-order valence-corrected chi connectivity index (χ2v) is 5.67. The van der Waals surface area contributed by atoms with Crippen molar-refractivity contribution in [3.63, 3.8) is 0 Å². The number of likely N-dealkylation sites (tertiary alicyclic amines) is 1. The average Bonchev–Trinajstić information content (AvgIpc) is 2.40. The molecule has 1 N–H and O–H groups in total. The third kappa shape index (κ3) is 2.76. The zero-order valence-corrected chi connectivity index (χ0v) is 11.6. The number of aliphatic hydroxyl groups excluding tert-OH is 1. The van der Waals surface area contributed by atoms with Gasteiger partial charge in [0.15, 0.2) is 0 Å². The Morgan fingerprint density at radius 2 is 1.78 bits per heavy atom. The van der Waals surface area contributed by atoms with Crippen LogP contribution in [-0.2, 0) is 0 Å². The summed E-state index contributed by atoms with van der Waals surface area (Å²) in [6.45, 7) is 8.02. The third-order valence-corrected chi connectivity index (χ3v) is 4.62. The van der Waals surface area contributed by atoms with Crippen molar-refractivity contribution < 1.29 is 5.11 Å². The van der Waals surface area contributed by atoms with Crippen molar-refractivity contribution in [2.24, 2.45) is 5.41 Å². The van der Waals surface area contributed by atoms with Crippen molar-refractivity contribution >= 4 is 0 Å². The molecule has 1 aromatic carbocycles. The summed E-state index contributed by atoms with van der Waals surface area (Å²) in [5.41, 5.74) is 1.57. The first-order chi connectivity index (χ1) is 8.73. The van der Waals surface area contributed by atoms with Crippen molar-refractivity contribution in [2.45, 2.75) is 32.6 Å². The van der Waals surface area contributed by atoms with Crippen molar-refractivity contribution in [1.82, 2.24) is 4.90 Å². The summed E-state index contributed by atoms with van der Waals surface area (Å²) in [6.07, 6.45) is 2.12. The van der Waals surface area contributed by atoms with Gasteiger partial charge in [0.25, 0.3) is 0 Å². The predicted octanol–water partition coefficient (Wildman–Crippen LogP) is 2.88. The quantitative estimate of drug-likeness (QED) is 0.835. The number of nitrogens with zero attached hydrogens (tertiary/aromatic N) is 1. The van der Waals surface area contributed by atoms with Gasteiger partial charge in [-0.25, -0.2) is 0 Å². The molecule has 1 heterocycles. The van der Waals surface area contributed by atoms with Gasteiger partial charge in [0.2, 0.25) is 0 Å². The van der Waals surface area contributed by atoms with E-state index in [-0.39, 0.29) is 5.41 Å². The Hall–Kier alpha value is -0.860. The normalized spacial score (nSPS) is 17.7. The number of hydrogen-bond acceptors (Lipinski definition) is 2. The van der Waals surface area contributed by atoms with Crippen LogP contribution in [0.1, 0.15) is 38.2 Å². The molecule has 0 amide bonds. The van der Waals surface area contributed by atoms with E-state index in [9.17, 15) is 5.11 Å². The summed E-state index contributed by atoms with van der Waals surface area (Å²) in [6, 6.07) is 10.8. The van der Waals surface area contributed by atoms with Crippen molar-refractivity contribution in [1.29, 1.82) is 0 Å². The summed E-state index contributed by atoms with van der Waals surface area (Å²) in [4.78, 5) is 2.49. The lowest BCUT2D eigenvalue weighted by Gasteiger charge is -2.45. The average molecular weight is 247 g/mol. The van der Waals surface area contributed by atoms with Crippen molar-refractivity contribution in [3.8, 4) is 0 Å². The first kappa shape index (κ1) is 13.6. The Morgan fingerprint density at radius 1 is 1.17 bits per heavy atom. The summed E-state index contributed by atoms with van der Waals surface area (Å²) in [5.74, 6) is 0.691. The minimum Gasteiger partial charge on any atom is -0.396 e. The zero-order valence-electron chi connectivity index (χ0n) is 11.6.